The number of aliphatic hydroxyl groups is 1. The van der Waals surface area contributed by atoms with Gasteiger partial charge in [0.1, 0.15) is 0 Å². The number of benzene rings is 1. The molecule has 1 aromatic heterocycles. The molecule has 0 aliphatic rings. The van der Waals surface area contributed by atoms with Gasteiger partial charge in [-0.05, 0) is 30.0 Å². The Morgan fingerprint density at radius 3 is 2.73 bits per heavy atom. The molecule has 0 fully saturated rings. The molecular weight excluding hydrogens is 190 g/mol. The third-order valence-corrected chi connectivity index (χ3v) is 2.63. The zero-order valence-corrected chi connectivity index (χ0v) is 8.82. The quantitative estimate of drug-likeness (QED) is 0.760. The Hall–Kier alpha value is -1.61. The highest BCUT2D eigenvalue weighted by Crippen LogP contribution is 2.14. The lowest BCUT2D eigenvalue weighted by molar-refractivity contribution is 0.279. The molecule has 15 heavy (non-hydrogen) atoms. The fraction of sp³-hybridized carbons (Fsp3) is 0.250. The largest absolute Gasteiger partial charge is 0.391 e. The third kappa shape index (κ3) is 1.55. The SMILES string of the molecule is Cc1ccc2cc(CO)c(=O)n(C)c2c1. The molecule has 0 spiro atoms. The number of rotatable bonds is 1. The van der Waals surface area contributed by atoms with Gasteiger partial charge in [0.25, 0.3) is 5.56 Å². The number of hydrogen-bond acceptors (Lipinski definition) is 2. The minimum atomic E-state index is -0.212. The van der Waals surface area contributed by atoms with Gasteiger partial charge in [-0.25, -0.2) is 0 Å². The molecule has 0 aliphatic heterocycles. The van der Waals surface area contributed by atoms with E-state index in [2.05, 4.69) is 0 Å². The van der Waals surface area contributed by atoms with Crippen LogP contribution in [-0.2, 0) is 13.7 Å². The molecule has 78 valence electrons. The van der Waals surface area contributed by atoms with Crippen LogP contribution < -0.4 is 5.56 Å². The lowest BCUT2D eigenvalue weighted by atomic mass is 10.1. The van der Waals surface area contributed by atoms with Crippen molar-refractivity contribution in [1.29, 1.82) is 0 Å². The molecule has 2 rings (SSSR count). The molecule has 3 nitrogen and oxygen atoms in total. The summed E-state index contributed by atoms with van der Waals surface area (Å²) in [6.07, 6.45) is 0. The number of nitrogens with zero attached hydrogens (tertiary/aromatic N) is 1. The van der Waals surface area contributed by atoms with Crippen LogP contribution in [0.5, 0.6) is 0 Å². The maximum atomic E-state index is 11.7. The Balaban J connectivity index is 2.91. The first kappa shape index (κ1) is 9.93. The van der Waals surface area contributed by atoms with E-state index in [0.29, 0.717) is 5.56 Å². The molecule has 0 bridgehead atoms. The Morgan fingerprint density at radius 2 is 2.07 bits per heavy atom. The smallest absolute Gasteiger partial charge is 0.256 e. The summed E-state index contributed by atoms with van der Waals surface area (Å²) >= 11 is 0. The lowest BCUT2D eigenvalue weighted by Gasteiger charge is -2.07. The number of hydrogen-bond donors (Lipinski definition) is 1. The summed E-state index contributed by atoms with van der Waals surface area (Å²) in [6.45, 7) is 1.78. The molecule has 0 amide bonds. The second kappa shape index (κ2) is 3.51. The van der Waals surface area contributed by atoms with Gasteiger partial charge < -0.3 is 9.67 Å². The average molecular weight is 203 g/mol. The Morgan fingerprint density at radius 1 is 1.33 bits per heavy atom. The summed E-state index contributed by atoms with van der Waals surface area (Å²) in [6, 6.07) is 7.67. The van der Waals surface area contributed by atoms with Crippen LogP contribution >= 0.6 is 0 Å². The minimum Gasteiger partial charge on any atom is -0.391 e. The number of pyridine rings is 1. The first-order valence-electron chi connectivity index (χ1n) is 4.83. The van der Waals surface area contributed by atoms with Gasteiger partial charge in [-0.1, -0.05) is 12.1 Å². The molecule has 0 unspecified atom stereocenters. The first-order valence-corrected chi connectivity index (χ1v) is 4.83. The zero-order chi connectivity index (χ0) is 11.0. The fourth-order valence-corrected chi connectivity index (χ4v) is 1.75. The summed E-state index contributed by atoms with van der Waals surface area (Å²) in [7, 11) is 1.73. The molecule has 0 aliphatic carbocycles. The summed E-state index contributed by atoms with van der Waals surface area (Å²) in [5.41, 5.74) is 2.33. The van der Waals surface area contributed by atoms with E-state index in [1.807, 2.05) is 25.1 Å². The van der Waals surface area contributed by atoms with E-state index in [0.717, 1.165) is 16.5 Å². The highest BCUT2D eigenvalue weighted by molar-refractivity contribution is 5.80. The molecular formula is C12H13NO2. The molecule has 0 radical (unpaired) electrons. The van der Waals surface area contributed by atoms with E-state index < -0.39 is 0 Å². The van der Waals surface area contributed by atoms with Crippen LogP contribution in [0, 0.1) is 6.92 Å². The maximum Gasteiger partial charge on any atom is 0.256 e. The molecule has 0 saturated heterocycles. The van der Waals surface area contributed by atoms with Crippen molar-refractivity contribution in [1.82, 2.24) is 4.57 Å². The second-order valence-corrected chi connectivity index (χ2v) is 3.75. The summed E-state index contributed by atoms with van der Waals surface area (Å²) in [5.74, 6) is 0. The van der Waals surface area contributed by atoms with Crippen molar-refractivity contribution in [2.24, 2.45) is 7.05 Å². The topological polar surface area (TPSA) is 42.2 Å². The van der Waals surface area contributed by atoms with Crippen LogP contribution in [-0.4, -0.2) is 9.67 Å². The van der Waals surface area contributed by atoms with E-state index in [4.69, 9.17) is 5.11 Å². The van der Waals surface area contributed by atoms with Gasteiger partial charge in [0.2, 0.25) is 0 Å². The second-order valence-electron chi connectivity index (χ2n) is 3.75. The van der Waals surface area contributed by atoms with Crippen LogP contribution in [0.1, 0.15) is 11.1 Å². The maximum absolute atomic E-state index is 11.7. The predicted octanol–water partition coefficient (Wildman–Crippen LogP) is 1.34. The third-order valence-electron chi connectivity index (χ3n) is 2.63. The number of fused-ring (bicyclic) bond motifs is 1. The minimum absolute atomic E-state index is 0.129. The average Bonchev–Trinajstić information content (AvgIpc) is 2.24. The Bertz CT molecular complexity index is 570. The number of aryl methyl sites for hydroxylation is 2. The Kier molecular flexibility index (Phi) is 2.32. The zero-order valence-electron chi connectivity index (χ0n) is 8.82. The van der Waals surface area contributed by atoms with Gasteiger partial charge in [-0.3, -0.25) is 4.79 Å². The van der Waals surface area contributed by atoms with Gasteiger partial charge in [-0.2, -0.15) is 0 Å². The van der Waals surface area contributed by atoms with Crippen LogP contribution in [0.25, 0.3) is 10.9 Å². The summed E-state index contributed by atoms with van der Waals surface area (Å²) in [4.78, 5) is 11.7. The first-order chi connectivity index (χ1) is 7.13. The van der Waals surface area contributed by atoms with Crippen molar-refractivity contribution in [3.05, 3.63) is 45.7 Å². The molecule has 2 aromatic rings. The summed E-state index contributed by atoms with van der Waals surface area (Å²) < 4.78 is 1.58. The van der Waals surface area contributed by atoms with E-state index in [9.17, 15) is 4.79 Å². The van der Waals surface area contributed by atoms with Crippen molar-refractivity contribution >= 4 is 10.9 Å². The highest BCUT2D eigenvalue weighted by atomic mass is 16.3. The molecule has 3 heteroatoms. The molecule has 1 heterocycles. The summed E-state index contributed by atoms with van der Waals surface area (Å²) in [5, 5.41) is 10.0. The highest BCUT2D eigenvalue weighted by Gasteiger charge is 2.05. The molecule has 0 saturated carbocycles. The monoisotopic (exact) mass is 203 g/mol. The van der Waals surface area contributed by atoms with Crippen molar-refractivity contribution in [3.63, 3.8) is 0 Å². The van der Waals surface area contributed by atoms with Gasteiger partial charge in [0.15, 0.2) is 0 Å². The Labute approximate surface area is 87.6 Å². The van der Waals surface area contributed by atoms with Crippen LogP contribution in [0.15, 0.2) is 29.1 Å². The number of aromatic nitrogens is 1. The van der Waals surface area contributed by atoms with Crippen molar-refractivity contribution in [2.75, 3.05) is 0 Å². The molecule has 1 aromatic carbocycles. The van der Waals surface area contributed by atoms with E-state index in [1.165, 1.54) is 0 Å². The lowest BCUT2D eigenvalue weighted by Crippen LogP contribution is -2.21. The van der Waals surface area contributed by atoms with Crippen LogP contribution in [0.4, 0.5) is 0 Å². The van der Waals surface area contributed by atoms with Crippen molar-refractivity contribution in [3.8, 4) is 0 Å². The fourth-order valence-electron chi connectivity index (χ4n) is 1.75. The van der Waals surface area contributed by atoms with Gasteiger partial charge in [0.05, 0.1) is 12.1 Å². The van der Waals surface area contributed by atoms with E-state index >= 15 is 0 Å². The predicted molar refractivity (Wildman–Crippen MR) is 59.8 cm³/mol. The molecule has 1 N–H and O–H groups in total. The normalized spacial score (nSPS) is 10.9. The van der Waals surface area contributed by atoms with E-state index in [1.54, 1.807) is 17.7 Å². The molecule has 0 atom stereocenters. The van der Waals surface area contributed by atoms with E-state index in [-0.39, 0.29) is 12.2 Å². The standard InChI is InChI=1S/C12H13NO2/c1-8-3-4-9-6-10(7-14)12(15)13(2)11(9)5-8/h3-6,14H,7H2,1-2H3. The van der Waals surface area contributed by atoms with Crippen LogP contribution in [0.2, 0.25) is 0 Å². The van der Waals surface area contributed by atoms with Gasteiger partial charge >= 0.3 is 0 Å². The number of aliphatic hydroxyl groups excluding tert-OH is 1. The van der Waals surface area contributed by atoms with Gasteiger partial charge in [-0.15, -0.1) is 0 Å². The van der Waals surface area contributed by atoms with Crippen LogP contribution in [0.3, 0.4) is 0 Å². The van der Waals surface area contributed by atoms with Crippen molar-refractivity contribution < 1.29 is 5.11 Å². The van der Waals surface area contributed by atoms with Crippen molar-refractivity contribution in [2.45, 2.75) is 13.5 Å². The van der Waals surface area contributed by atoms with Gasteiger partial charge in [0, 0.05) is 12.6 Å².